The Morgan fingerprint density at radius 1 is 0.854 bits per heavy atom. The molecule has 8 heteroatoms. The fourth-order valence-electron chi connectivity index (χ4n) is 6.83. The van der Waals surface area contributed by atoms with Gasteiger partial charge in [-0.1, -0.05) is 91.1 Å². The quantitative estimate of drug-likeness (QED) is 0.369. The van der Waals surface area contributed by atoms with E-state index in [4.69, 9.17) is 21.9 Å². The van der Waals surface area contributed by atoms with Crippen LogP contribution in [-0.4, -0.2) is 58.6 Å². The number of rotatable bonds is 7. The Morgan fingerprint density at radius 3 is 2.07 bits per heavy atom. The molecule has 206 valence electrons. The molecular weight excluding hydrogens is 528 g/mol. The lowest BCUT2D eigenvalue weighted by Gasteiger charge is -2.60. The number of fused-ring (bicyclic) bond motifs is 4. The van der Waals surface area contributed by atoms with Crippen LogP contribution in [0.4, 0.5) is 0 Å². The van der Waals surface area contributed by atoms with Crippen molar-refractivity contribution < 1.29 is 4.74 Å². The molecule has 0 radical (unpaired) electrons. The average Bonchev–Trinajstić information content (AvgIpc) is 3.01. The number of hydrogen-bond donors (Lipinski definition) is 0. The van der Waals surface area contributed by atoms with Crippen molar-refractivity contribution in [1.29, 1.82) is 10.5 Å². The summed E-state index contributed by atoms with van der Waals surface area (Å²) in [6.07, 6.45) is 0. The number of ether oxygens (including phenoxy) is 1. The molecular formula is C33H32N6OS. The van der Waals surface area contributed by atoms with Crippen molar-refractivity contribution in [2.75, 3.05) is 33.0 Å². The van der Waals surface area contributed by atoms with Crippen molar-refractivity contribution in [3.63, 3.8) is 0 Å². The molecule has 0 amide bonds. The van der Waals surface area contributed by atoms with E-state index in [1.807, 2.05) is 72.5 Å². The first-order valence-electron chi connectivity index (χ1n) is 14.0. The van der Waals surface area contributed by atoms with Gasteiger partial charge in [-0.2, -0.15) is 10.5 Å². The van der Waals surface area contributed by atoms with Crippen molar-refractivity contribution in [3.8, 4) is 17.9 Å². The lowest BCUT2D eigenvalue weighted by Crippen LogP contribution is -2.73. The number of benzene rings is 3. The molecule has 3 aromatic carbocycles. The number of likely N-dealkylation sites (tertiary alicyclic amines) is 1. The lowest BCUT2D eigenvalue weighted by molar-refractivity contribution is 0.0513. The molecule has 3 aliphatic heterocycles. The Balaban J connectivity index is 1.49. The van der Waals surface area contributed by atoms with Gasteiger partial charge in [0.05, 0.1) is 32.1 Å². The third-order valence-corrected chi connectivity index (χ3v) is 8.99. The molecule has 3 heterocycles. The topological polar surface area (TPSA) is 78.9 Å². The summed E-state index contributed by atoms with van der Waals surface area (Å²) < 4.78 is 6.07. The first kappa shape index (κ1) is 27.1. The van der Waals surface area contributed by atoms with Crippen molar-refractivity contribution >= 4 is 23.0 Å². The van der Waals surface area contributed by atoms with Gasteiger partial charge in [-0.25, -0.2) is 0 Å². The molecule has 0 spiro atoms. The maximum atomic E-state index is 11.2. The van der Waals surface area contributed by atoms with E-state index in [-0.39, 0.29) is 0 Å². The Hall–Kier alpha value is -4.08. The lowest BCUT2D eigenvalue weighted by atomic mass is 9.53. The SMILES string of the molecule is CCOc1ccccc1[C@H]1[C@@]2(C#N)CN(Cc3ccccc3)C[C@@]1(C#N)C1=NCN(Cc3ccccc3)CN1C2=S. The van der Waals surface area contributed by atoms with Crippen LogP contribution in [0.2, 0.25) is 0 Å². The number of thiocarbonyl (C=S) groups is 1. The molecule has 0 N–H and O–H groups in total. The van der Waals surface area contributed by atoms with Crippen molar-refractivity contribution in [3.05, 3.63) is 102 Å². The Kier molecular flexibility index (Phi) is 7.32. The molecule has 0 aliphatic carbocycles. The third-order valence-electron chi connectivity index (χ3n) is 8.40. The summed E-state index contributed by atoms with van der Waals surface area (Å²) in [5.74, 6) is 0.825. The van der Waals surface area contributed by atoms with Gasteiger partial charge < -0.3 is 9.64 Å². The fraction of sp³-hybridized carbons (Fsp3) is 0.333. The fourth-order valence-corrected chi connectivity index (χ4v) is 7.20. The normalized spacial score (nSPS) is 25.9. The maximum absolute atomic E-state index is 11.2. The molecule has 3 aromatic rings. The van der Waals surface area contributed by atoms with Gasteiger partial charge in [-0.15, -0.1) is 0 Å². The maximum Gasteiger partial charge on any atom is 0.136 e. The summed E-state index contributed by atoms with van der Waals surface area (Å²) in [7, 11) is 0. The molecule has 7 nitrogen and oxygen atoms in total. The van der Waals surface area contributed by atoms with Crippen LogP contribution in [0.25, 0.3) is 0 Å². The highest BCUT2D eigenvalue weighted by atomic mass is 32.1. The van der Waals surface area contributed by atoms with Crippen LogP contribution in [0, 0.1) is 33.5 Å². The highest BCUT2D eigenvalue weighted by Gasteiger charge is 2.68. The Labute approximate surface area is 246 Å². The van der Waals surface area contributed by atoms with E-state index in [1.54, 1.807) is 0 Å². The molecule has 0 unspecified atom stereocenters. The van der Waals surface area contributed by atoms with Gasteiger partial charge >= 0.3 is 0 Å². The smallest absolute Gasteiger partial charge is 0.136 e. The van der Waals surface area contributed by atoms with E-state index >= 15 is 0 Å². The minimum atomic E-state index is -1.14. The van der Waals surface area contributed by atoms with E-state index < -0.39 is 16.7 Å². The van der Waals surface area contributed by atoms with Crippen molar-refractivity contribution in [2.45, 2.75) is 25.9 Å². The van der Waals surface area contributed by atoms with Gasteiger partial charge in [0.1, 0.15) is 27.4 Å². The highest BCUT2D eigenvalue weighted by molar-refractivity contribution is 7.80. The minimum Gasteiger partial charge on any atom is -0.494 e. The molecule has 6 rings (SSSR count). The number of aliphatic imine (C=N–C) groups is 1. The van der Waals surface area contributed by atoms with Crippen LogP contribution in [0.15, 0.2) is 89.9 Å². The summed E-state index contributed by atoms with van der Waals surface area (Å²) in [5.41, 5.74) is 0.907. The van der Waals surface area contributed by atoms with Crippen LogP contribution in [0.3, 0.4) is 0 Å². The average molecular weight is 561 g/mol. The molecule has 2 saturated heterocycles. The molecule has 3 atom stereocenters. The number of nitrogens with zero attached hydrogens (tertiary/aromatic N) is 6. The predicted octanol–water partition coefficient (Wildman–Crippen LogP) is 5.18. The Bertz CT molecular complexity index is 1550. The van der Waals surface area contributed by atoms with Gasteiger partial charge in [0.25, 0.3) is 0 Å². The second-order valence-corrected chi connectivity index (χ2v) is 11.4. The van der Waals surface area contributed by atoms with Crippen LogP contribution in [-0.2, 0) is 13.1 Å². The number of hydrogen-bond acceptors (Lipinski definition) is 7. The number of para-hydroxylation sites is 1. The summed E-state index contributed by atoms with van der Waals surface area (Å²) in [6.45, 7) is 5.52. The van der Waals surface area contributed by atoms with Crippen molar-refractivity contribution in [1.82, 2.24) is 14.7 Å². The zero-order chi connectivity index (χ0) is 28.5. The van der Waals surface area contributed by atoms with Crippen LogP contribution < -0.4 is 4.74 Å². The van der Waals surface area contributed by atoms with Crippen LogP contribution in [0.5, 0.6) is 5.75 Å². The largest absolute Gasteiger partial charge is 0.494 e. The zero-order valence-electron chi connectivity index (χ0n) is 23.1. The van der Waals surface area contributed by atoms with E-state index in [0.29, 0.717) is 62.7 Å². The summed E-state index contributed by atoms with van der Waals surface area (Å²) in [6, 6.07) is 33.6. The standard InChI is InChI=1S/C33H32N6OS/c1-2-40-28-16-10-9-15-27(28)29-32(19-34)21-37(17-25-11-5-3-6-12-25)22-33(29,20-35)31(41)39-24-38(23-36-30(32)39)18-26-13-7-4-8-14-26/h3-16,29H,2,17-18,21-24H2,1H3/t29-,32-,33-/m1/s1. The van der Waals surface area contributed by atoms with Gasteiger partial charge in [0.15, 0.2) is 0 Å². The van der Waals surface area contributed by atoms with Crippen molar-refractivity contribution in [2.24, 2.45) is 15.8 Å². The predicted molar refractivity (Wildman–Crippen MR) is 162 cm³/mol. The summed E-state index contributed by atoms with van der Waals surface area (Å²) in [5, 5.41) is 22.3. The zero-order valence-corrected chi connectivity index (χ0v) is 23.9. The van der Waals surface area contributed by atoms with Gasteiger partial charge in [-0.3, -0.25) is 14.8 Å². The molecule has 41 heavy (non-hydrogen) atoms. The van der Waals surface area contributed by atoms with E-state index in [1.165, 1.54) is 5.56 Å². The van der Waals surface area contributed by atoms with E-state index in [0.717, 1.165) is 11.1 Å². The van der Waals surface area contributed by atoms with Gasteiger partial charge in [0, 0.05) is 37.7 Å². The molecule has 3 aliphatic rings. The molecule has 0 aromatic heterocycles. The number of piperidine rings is 2. The van der Waals surface area contributed by atoms with Crippen LogP contribution in [0.1, 0.15) is 29.5 Å². The first-order chi connectivity index (χ1) is 20.0. The van der Waals surface area contributed by atoms with Gasteiger partial charge in [0.2, 0.25) is 0 Å². The highest BCUT2D eigenvalue weighted by Crippen LogP contribution is 2.59. The molecule has 0 saturated carbocycles. The first-order valence-corrected chi connectivity index (χ1v) is 14.4. The van der Waals surface area contributed by atoms with E-state index in [9.17, 15) is 10.5 Å². The molecule has 2 fully saturated rings. The minimum absolute atomic E-state index is 0.411. The summed E-state index contributed by atoms with van der Waals surface area (Å²) in [4.78, 5) is 12.0. The monoisotopic (exact) mass is 560 g/mol. The van der Waals surface area contributed by atoms with Crippen LogP contribution >= 0.6 is 12.2 Å². The summed E-state index contributed by atoms with van der Waals surface area (Å²) >= 11 is 6.26. The Morgan fingerprint density at radius 2 is 1.44 bits per heavy atom. The second kappa shape index (κ2) is 11.1. The van der Waals surface area contributed by atoms with E-state index in [2.05, 4.69) is 46.2 Å². The number of amidine groups is 1. The molecule has 2 bridgehead atoms. The van der Waals surface area contributed by atoms with Gasteiger partial charge in [-0.05, 0) is 24.1 Å². The third kappa shape index (κ3) is 4.59. The second-order valence-electron chi connectivity index (χ2n) is 11.0. The number of nitriles is 2.